The number of fused-ring (bicyclic) bond motifs is 3. The molecule has 0 spiro atoms. The van der Waals surface area contributed by atoms with Crippen molar-refractivity contribution >= 4 is 23.8 Å². The van der Waals surface area contributed by atoms with Gasteiger partial charge in [-0.05, 0) is 76.3 Å². The van der Waals surface area contributed by atoms with E-state index in [0.29, 0.717) is 5.88 Å². The van der Waals surface area contributed by atoms with Gasteiger partial charge in [0.05, 0.1) is 0 Å². The first-order chi connectivity index (χ1) is 17.0. The van der Waals surface area contributed by atoms with Gasteiger partial charge in [0.15, 0.2) is 8.07 Å². The van der Waals surface area contributed by atoms with E-state index in [4.69, 9.17) is 9.72 Å². The highest BCUT2D eigenvalue weighted by Crippen LogP contribution is 2.32. The van der Waals surface area contributed by atoms with Gasteiger partial charge in [0.2, 0.25) is 5.88 Å². The van der Waals surface area contributed by atoms with Crippen LogP contribution in [0.15, 0.2) is 103 Å². The first-order valence-electron chi connectivity index (χ1n) is 11.9. The van der Waals surface area contributed by atoms with E-state index in [9.17, 15) is 0 Å². The first-order valence-corrected chi connectivity index (χ1v) is 14.4. The number of aryl methyl sites for hydroxylation is 2. The fourth-order valence-corrected chi connectivity index (χ4v) is 9.16. The van der Waals surface area contributed by atoms with Crippen molar-refractivity contribution in [1.29, 1.82) is 0 Å². The SMILES string of the molecule is Cc1ccc([Si]2(C)c3ccccc3-c3ccc(-c4cccc(Oc5ccccn5)c4)cc32)nc1C. The molecule has 6 rings (SSSR count). The highest BCUT2D eigenvalue weighted by Gasteiger charge is 2.44. The summed E-state index contributed by atoms with van der Waals surface area (Å²) in [7, 11) is -2.25. The van der Waals surface area contributed by atoms with Gasteiger partial charge in [-0.1, -0.05) is 73.3 Å². The van der Waals surface area contributed by atoms with Crippen molar-refractivity contribution in [3.63, 3.8) is 0 Å². The van der Waals surface area contributed by atoms with Crippen LogP contribution in [-0.4, -0.2) is 18.0 Å². The number of ether oxygens (including phenoxy) is 1. The standard InChI is InChI=1S/C31H26N2OSi/c1-21-14-17-31(33-22(21)2)35(3)28-12-5-4-11-26(28)27-16-15-24(20-29(27)35)23-9-8-10-25(19-23)34-30-13-6-7-18-32-30/h4-20H,1-3H3. The number of hydrogen-bond donors (Lipinski definition) is 0. The summed E-state index contributed by atoms with van der Waals surface area (Å²) in [4.78, 5) is 9.41. The highest BCUT2D eigenvalue weighted by molar-refractivity contribution is 7.13. The third kappa shape index (κ3) is 3.58. The van der Waals surface area contributed by atoms with Crippen molar-refractivity contribution in [2.75, 3.05) is 0 Å². The van der Waals surface area contributed by atoms with Crippen molar-refractivity contribution < 1.29 is 4.74 Å². The molecule has 0 aliphatic carbocycles. The van der Waals surface area contributed by atoms with E-state index in [1.54, 1.807) is 6.20 Å². The summed E-state index contributed by atoms with van der Waals surface area (Å²) in [5.74, 6) is 1.37. The number of benzene rings is 3. The molecular formula is C31H26N2OSi. The van der Waals surface area contributed by atoms with Crippen LogP contribution in [-0.2, 0) is 0 Å². The van der Waals surface area contributed by atoms with E-state index in [0.717, 1.165) is 17.0 Å². The van der Waals surface area contributed by atoms with Crippen LogP contribution in [0.3, 0.4) is 0 Å². The molecule has 0 radical (unpaired) electrons. The Labute approximate surface area is 207 Å². The van der Waals surface area contributed by atoms with E-state index >= 15 is 0 Å². The van der Waals surface area contributed by atoms with Crippen LogP contribution in [0.5, 0.6) is 11.6 Å². The largest absolute Gasteiger partial charge is 0.439 e. The van der Waals surface area contributed by atoms with E-state index in [1.807, 2.05) is 30.3 Å². The third-order valence-corrected chi connectivity index (χ3v) is 11.5. The molecule has 1 atom stereocenters. The maximum absolute atomic E-state index is 6.01. The Morgan fingerprint density at radius 2 is 1.49 bits per heavy atom. The molecule has 3 nitrogen and oxygen atoms in total. The second kappa shape index (κ2) is 8.33. The third-order valence-electron chi connectivity index (χ3n) is 7.20. The van der Waals surface area contributed by atoms with Gasteiger partial charge in [-0.15, -0.1) is 0 Å². The molecular weight excluding hydrogens is 444 g/mol. The molecule has 1 unspecified atom stereocenters. The minimum Gasteiger partial charge on any atom is -0.439 e. The van der Waals surface area contributed by atoms with Gasteiger partial charge < -0.3 is 4.74 Å². The quantitative estimate of drug-likeness (QED) is 0.319. The molecule has 3 heterocycles. The van der Waals surface area contributed by atoms with E-state index < -0.39 is 8.07 Å². The Balaban J connectivity index is 1.48. The van der Waals surface area contributed by atoms with Gasteiger partial charge in [0.25, 0.3) is 0 Å². The smallest absolute Gasteiger partial charge is 0.219 e. The molecule has 1 aliphatic heterocycles. The molecule has 0 N–H and O–H groups in total. The molecule has 5 aromatic rings. The molecule has 4 heteroatoms. The van der Waals surface area contributed by atoms with Gasteiger partial charge in [-0.3, -0.25) is 4.98 Å². The first kappa shape index (κ1) is 21.5. The summed E-state index contributed by atoms with van der Waals surface area (Å²) in [6, 6.07) is 34.2. The molecule has 0 saturated heterocycles. The van der Waals surface area contributed by atoms with E-state index in [1.165, 1.54) is 37.9 Å². The van der Waals surface area contributed by atoms with E-state index in [-0.39, 0.29) is 0 Å². The summed E-state index contributed by atoms with van der Waals surface area (Å²) in [5.41, 5.74) is 7.33. The number of hydrogen-bond acceptors (Lipinski definition) is 3. The molecule has 2 aromatic heterocycles. The summed E-state index contributed by atoms with van der Waals surface area (Å²) < 4.78 is 6.01. The molecule has 1 aliphatic rings. The molecule has 0 saturated carbocycles. The van der Waals surface area contributed by atoms with Crippen molar-refractivity contribution in [3.05, 3.63) is 115 Å². The molecule has 0 fully saturated rings. The van der Waals surface area contributed by atoms with Gasteiger partial charge in [0, 0.05) is 23.3 Å². The Morgan fingerprint density at radius 1 is 0.686 bits per heavy atom. The normalized spacial score (nSPS) is 16.0. The minimum absolute atomic E-state index is 0.592. The maximum atomic E-state index is 6.01. The molecule has 3 aromatic carbocycles. The van der Waals surface area contributed by atoms with Crippen molar-refractivity contribution in [2.45, 2.75) is 20.4 Å². The number of aromatic nitrogens is 2. The molecule has 0 bridgehead atoms. The minimum atomic E-state index is -2.25. The van der Waals surface area contributed by atoms with Crippen LogP contribution in [0.2, 0.25) is 6.55 Å². The zero-order chi connectivity index (χ0) is 24.0. The lowest BCUT2D eigenvalue weighted by Crippen LogP contribution is -2.63. The average Bonchev–Trinajstić information content (AvgIpc) is 3.15. The number of pyridine rings is 2. The number of nitrogens with zero attached hydrogens (tertiary/aromatic N) is 2. The summed E-state index contributed by atoms with van der Waals surface area (Å²) >= 11 is 0. The van der Waals surface area contributed by atoms with Crippen molar-refractivity contribution in [3.8, 4) is 33.9 Å². The summed E-state index contributed by atoms with van der Waals surface area (Å²) in [6.45, 7) is 6.69. The zero-order valence-electron chi connectivity index (χ0n) is 20.1. The maximum Gasteiger partial charge on any atom is 0.219 e. The van der Waals surface area contributed by atoms with E-state index in [2.05, 4.69) is 92.1 Å². The molecule has 170 valence electrons. The Kier molecular flexibility index (Phi) is 5.12. The van der Waals surface area contributed by atoms with Gasteiger partial charge in [-0.2, -0.15) is 0 Å². The number of rotatable bonds is 4. The molecule has 35 heavy (non-hydrogen) atoms. The lowest BCUT2D eigenvalue weighted by atomic mass is 10.0. The average molecular weight is 471 g/mol. The van der Waals surface area contributed by atoms with Crippen LogP contribution in [0.1, 0.15) is 11.3 Å². The highest BCUT2D eigenvalue weighted by atomic mass is 28.3. The molecule has 0 amide bonds. The van der Waals surface area contributed by atoms with Crippen LogP contribution < -0.4 is 20.4 Å². The fraction of sp³-hybridized carbons (Fsp3) is 0.0968. The zero-order valence-corrected chi connectivity index (χ0v) is 21.1. The van der Waals surface area contributed by atoms with Crippen molar-refractivity contribution in [2.24, 2.45) is 0 Å². The predicted octanol–water partition coefficient (Wildman–Crippen LogP) is 5.63. The van der Waals surface area contributed by atoms with Gasteiger partial charge >= 0.3 is 0 Å². The second-order valence-corrected chi connectivity index (χ2v) is 13.2. The summed E-state index contributed by atoms with van der Waals surface area (Å²) in [5, 5.41) is 4.08. The lowest BCUT2D eigenvalue weighted by molar-refractivity contribution is 0.463. The van der Waals surface area contributed by atoms with Crippen LogP contribution in [0, 0.1) is 13.8 Å². The Hall–Kier alpha value is -4.02. The topological polar surface area (TPSA) is 35.0 Å². The Bertz CT molecular complexity index is 1560. The van der Waals surface area contributed by atoms with Gasteiger partial charge in [-0.25, -0.2) is 4.98 Å². The lowest BCUT2D eigenvalue weighted by Gasteiger charge is -2.25. The fourth-order valence-electron chi connectivity index (χ4n) is 5.12. The second-order valence-electron chi connectivity index (χ2n) is 9.33. The Morgan fingerprint density at radius 3 is 2.31 bits per heavy atom. The van der Waals surface area contributed by atoms with Crippen LogP contribution in [0.25, 0.3) is 22.3 Å². The van der Waals surface area contributed by atoms with Crippen molar-refractivity contribution in [1.82, 2.24) is 9.97 Å². The van der Waals surface area contributed by atoms with Crippen LogP contribution >= 0.6 is 0 Å². The predicted molar refractivity (Wildman–Crippen MR) is 146 cm³/mol. The van der Waals surface area contributed by atoms with Crippen LogP contribution in [0.4, 0.5) is 0 Å². The summed E-state index contributed by atoms with van der Waals surface area (Å²) in [6.07, 6.45) is 1.74. The monoisotopic (exact) mass is 470 g/mol. The van der Waals surface area contributed by atoms with Gasteiger partial charge in [0.1, 0.15) is 5.75 Å².